The molecule has 0 atom stereocenters. The minimum atomic E-state index is -0.0927. The number of carbonyl (C=O) groups is 1. The second-order valence-electron chi connectivity index (χ2n) is 8.94. The number of H-pyrrole nitrogens is 1. The van der Waals surface area contributed by atoms with Crippen LogP contribution in [0.15, 0.2) is 47.4 Å². The van der Waals surface area contributed by atoms with Crippen molar-refractivity contribution in [2.24, 2.45) is 0 Å². The quantitative estimate of drug-likeness (QED) is 0.721. The third kappa shape index (κ3) is 4.31. The molecule has 4 rings (SSSR count). The minimum absolute atomic E-state index is 0.0712. The Labute approximate surface area is 176 Å². The summed E-state index contributed by atoms with van der Waals surface area (Å²) in [6.07, 6.45) is 1.88. The first-order valence-corrected chi connectivity index (χ1v) is 10.5. The van der Waals surface area contributed by atoms with Crippen molar-refractivity contribution in [1.29, 1.82) is 0 Å². The fourth-order valence-corrected chi connectivity index (χ4v) is 3.78. The monoisotopic (exact) mass is 407 g/mol. The van der Waals surface area contributed by atoms with Crippen molar-refractivity contribution in [2.75, 3.05) is 32.7 Å². The Kier molecular flexibility index (Phi) is 5.47. The van der Waals surface area contributed by atoms with Crippen molar-refractivity contribution >= 4 is 16.8 Å². The van der Waals surface area contributed by atoms with Crippen LogP contribution in [-0.2, 0) is 12.0 Å². The molecule has 30 heavy (non-hydrogen) atoms. The van der Waals surface area contributed by atoms with Gasteiger partial charge in [-0.1, -0.05) is 26.8 Å². The number of benzene rings is 1. The summed E-state index contributed by atoms with van der Waals surface area (Å²) >= 11 is 0. The Morgan fingerprint density at radius 3 is 2.53 bits per heavy atom. The normalized spacial score (nSPS) is 15.6. The van der Waals surface area contributed by atoms with Crippen molar-refractivity contribution < 1.29 is 4.79 Å². The van der Waals surface area contributed by atoms with E-state index in [-0.39, 0.29) is 16.9 Å². The highest BCUT2D eigenvalue weighted by Crippen LogP contribution is 2.18. The fraction of sp³-hybridized carbons (Fsp3) is 0.435. The number of amides is 1. The van der Waals surface area contributed by atoms with Gasteiger partial charge in [0.15, 0.2) is 0 Å². The van der Waals surface area contributed by atoms with Crippen LogP contribution in [0, 0.1) is 0 Å². The number of fused-ring (bicyclic) bond motifs is 1. The van der Waals surface area contributed by atoms with E-state index in [0.717, 1.165) is 36.2 Å². The Balaban J connectivity index is 1.34. The molecular formula is C23H29N5O2. The van der Waals surface area contributed by atoms with Crippen LogP contribution in [0.4, 0.5) is 0 Å². The van der Waals surface area contributed by atoms with Crippen LogP contribution in [0.3, 0.4) is 0 Å². The van der Waals surface area contributed by atoms with E-state index in [4.69, 9.17) is 0 Å². The molecular weight excluding hydrogens is 378 g/mol. The van der Waals surface area contributed by atoms with Crippen molar-refractivity contribution in [1.82, 2.24) is 24.6 Å². The lowest BCUT2D eigenvalue weighted by Gasteiger charge is -2.34. The number of nitrogens with one attached hydrogen (secondary N) is 1. The molecule has 0 radical (unpaired) electrons. The van der Waals surface area contributed by atoms with Crippen LogP contribution in [0.5, 0.6) is 0 Å². The van der Waals surface area contributed by atoms with Crippen LogP contribution in [0.1, 0.15) is 36.8 Å². The first-order chi connectivity index (χ1) is 14.3. The zero-order valence-corrected chi connectivity index (χ0v) is 17.9. The average Bonchev–Trinajstić information content (AvgIpc) is 3.20. The van der Waals surface area contributed by atoms with Gasteiger partial charge < -0.3 is 9.88 Å². The van der Waals surface area contributed by atoms with Crippen LogP contribution in [0.25, 0.3) is 10.9 Å². The van der Waals surface area contributed by atoms with Crippen LogP contribution in [-0.4, -0.2) is 63.2 Å². The molecule has 1 fully saturated rings. The average molecular weight is 408 g/mol. The van der Waals surface area contributed by atoms with E-state index in [0.29, 0.717) is 25.2 Å². The van der Waals surface area contributed by atoms with Gasteiger partial charge in [0.2, 0.25) is 0 Å². The molecule has 2 aromatic heterocycles. The second-order valence-corrected chi connectivity index (χ2v) is 8.94. The molecule has 1 aliphatic heterocycles. The molecule has 1 saturated heterocycles. The van der Waals surface area contributed by atoms with Crippen LogP contribution in [0.2, 0.25) is 0 Å². The predicted molar refractivity (Wildman–Crippen MR) is 118 cm³/mol. The number of carbonyl (C=O) groups excluding carboxylic acids is 1. The zero-order valence-electron chi connectivity index (χ0n) is 17.9. The van der Waals surface area contributed by atoms with Crippen LogP contribution < -0.4 is 5.56 Å². The molecule has 1 aliphatic rings. The van der Waals surface area contributed by atoms with Crippen LogP contribution >= 0.6 is 0 Å². The SMILES string of the molecule is CC(C)(C)c1ccc(=O)n(CCN2CCN(C(=O)c3ccc4cc[nH]c4c3)CC2)n1. The molecule has 0 saturated carbocycles. The first kappa shape index (κ1) is 20.3. The Morgan fingerprint density at radius 1 is 1.03 bits per heavy atom. The summed E-state index contributed by atoms with van der Waals surface area (Å²) < 4.78 is 1.56. The summed E-state index contributed by atoms with van der Waals surface area (Å²) in [5, 5.41) is 5.65. The number of aromatic nitrogens is 3. The van der Waals surface area contributed by atoms with Gasteiger partial charge >= 0.3 is 0 Å². The van der Waals surface area contributed by atoms with Gasteiger partial charge in [-0.15, -0.1) is 0 Å². The van der Waals surface area contributed by atoms with Crippen molar-refractivity contribution in [3.8, 4) is 0 Å². The smallest absolute Gasteiger partial charge is 0.266 e. The molecule has 0 spiro atoms. The number of rotatable bonds is 4. The van der Waals surface area contributed by atoms with E-state index in [9.17, 15) is 9.59 Å². The van der Waals surface area contributed by atoms with Gasteiger partial charge in [-0.3, -0.25) is 14.5 Å². The lowest BCUT2D eigenvalue weighted by Crippen LogP contribution is -2.49. The highest BCUT2D eigenvalue weighted by atomic mass is 16.2. The third-order valence-electron chi connectivity index (χ3n) is 5.72. The third-order valence-corrected chi connectivity index (χ3v) is 5.72. The molecule has 7 heteroatoms. The fourth-order valence-electron chi connectivity index (χ4n) is 3.78. The van der Waals surface area contributed by atoms with E-state index >= 15 is 0 Å². The molecule has 3 aromatic rings. The number of hydrogen-bond acceptors (Lipinski definition) is 4. The Morgan fingerprint density at radius 2 is 1.80 bits per heavy atom. The summed E-state index contributed by atoms with van der Waals surface area (Å²) in [6.45, 7) is 10.5. The molecule has 3 heterocycles. The predicted octanol–water partition coefficient (Wildman–Crippen LogP) is 2.48. The standard InChI is InChI=1S/C23H29N5O2/c1-23(2,3)20-6-7-21(29)28(25-20)15-12-26-10-13-27(14-11-26)22(30)18-5-4-17-8-9-24-19(17)16-18/h4-9,16,24H,10-15H2,1-3H3. The highest BCUT2D eigenvalue weighted by molar-refractivity contribution is 5.98. The van der Waals surface area contributed by atoms with Gasteiger partial charge in [-0.25, -0.2) is 4.68 Å². The summed E-state index contributed by atoms with van der Waals surface area (Å²) in [7, 11) is 0. The molecule has 7 nitrogen and oxygen atoms in total. The maximum atomic E-state index is 12.9. The van der Waals surface area contributed by atoms with Gasteiger partial charge in [-0.05, 0) is 29.7 Å². The molecule has 1 aromatic carbocycles. The lowest BCUT2D eigenvalue weighted by molar-refractivity contribution is 0.0631. The molecule has 1 N–H and O–H groups in total. The molecule has 0 bridgehead atoms. The Hall–Kier alpha value is -2.93. The van der Waals surface area contributed by atoms with Gasteiger partial charge in [0.1, 0.15) is 0 Å². The number of piperazine rings is 1. The maximum Gasteiger partial charge on any atom is 0.266 e. The number of nitrogens with zero attached hydrogens (tertiary/aromatic N) is 4. The molecule has 158 valence electrons. The summed E-state index contributed by atoms with van der Waals surface area (Å²) in [5.41, 5.74) is 2.45. The molecule has 1 amide bonds. The summed E-state index contributed by atoms with van der Waals surface area (Å²) in [5.74, 6) is 0.0712. The lowest BCUT2D eigenvalue weighted by atomic mass is 9.92. The first-order valence-electron chi connectivity index (χ1n) is 10.5. The summed E-state index contributed by atoms with van der Waals surface area (Å²) in [6, 6.07) is 11.2. The van der Waals surface area contributed by atoms with Gasteiger partial charge in [0.25, 0.3) is 11.5 Å². The maximum absolute atomic E-state index is 12.9. The molecule has 0 unspecified atom stereocenters. The largest absolute Gasteiger partial charge is 0.361 e. The highest BCUT2D eigenvalue weighted by Gasteiger charge is 2.23. The van der Waals surface area contributed by atoms with Gasteiger partial charge in [-0.2, -0.15) is 5.10 Å². The van der Waals surface area contributed by atoms with Crippen molar-refractivity contribution in [3.05, 3.63) is 64.2 Å². The topological polar surface area (TPSA) is 74.2 Å². The van der Waals surface area contributed by atoms with E-state index in [1.165, 1.54) is 0 Å². The van der Waals surface area contributed by atoms with E-state index < -0.39 is 0 Å². The van der Waals surface area contributed by atoms with E-state index in [2.05, 4.69) is 35.8 Å². The second kappa shape index (κ2) is 8.07. The number of hydrogen-bond donors (Lipinski definition) is 1. The minimum Gasteiger partial charge on any atom is -0.361 e. The molecule has 0 aliphatic carbocycles. The summed E-state index contributed by atoms with van der Waals surface area (Å²) in [4.78, 5) is 32.4. The van der Waals surface area contributed by atoms with E-state index in [1.54, 1.807) is 10.7 Å². The zero-order chi connectivity index (χ0) is 21.3. The van der Waals surface area contributed by atoms with Gasteiger partial charge in [0.05, 0.1) is 12.2 Å². The van der Waals surface area contributed by atoms with Gasteiger partial charge in [0, 0.05) is 61.5 Å². The van der Waals surface area contributed by atoms with E-state index in [1.807, 2.05) is 41.4 Å². The van der Waals surface area contributed by atoms with Crippen molar-refractivity contribution in [3.63, 3.8) is 0 Å². The number of aromatic amines is 1. The Bertz CT molecular complexity index is 1100. The van der Waals surface area contributed by atoms with Crippen molar-refractivity contribution in [2.45, 2.75) is 32.7 Å².